The quantitative estimate of drug-likeness (QED) is 0.519. The van der Waals surface area contributed by atoms with Crippen molar-refractivity contribution in [2.45, 2.75) is 13.0 Å². The molecule has 0 radical (unpaired) electrons. The second-order valence-corrected chi connectivity index (χ2v) is 7.92. The predicted octanol–water partition coefficient (Wildman–Crippen LogP) is 4.35. The van der Waals surface area contributed by atoms with Crippen LogP contribution in [0.2, 0.25) is 0 Å². The standard InChI is InChI=1S/C27H29NO6/c1-30-22-7-5-6-18(13-22)19-12-21-17-28(10-11-34-27(21)25(15-19)33-4)26(29)16-20-14-23(31-2)8-9-24(20)32-3/h5-9,12-15H,10-11,16-17H2,1-4H3. The molecule has 0 saturated heterocycles. The molecule has 1 aliphatic rings. The van der Waals surface area contributed by atoms with Crippen LogP contribution in [0.25, 0.3) is 11.1 Å². The second-order valence-electron chi connectivity index (χ2n) is 7.92. The van der Waals surface area contributed by atoms with E-state index in [0.717, 1.165) is 28.0 Å². The van der Waals surface area contributed by atoms with Crippen molar-refractivity contribution in [2.75, 3.05) is 41.6 Å². The fourth-order valence-corrected chi connectivity index (χ4v) is 4.11. The summed E-state index contributed by atoms with van der Waals surface area (Å²) in [5.74, 6) is 3.39. The van der Waals surface area contributed by atoms with Crippen molar-refractivity contribution in [3.05, 3.63) is 65.7 Å². The summed E-state index contributed by atoms with van der Waals surface area (Å²) in [6, 6.07) is 17.3. The Morgan fingerprint density at radius 2 is 1.62 bits per heavy atom. The smallest absolute Gasteiger partial charge is 0.227 e. The minimum absolute atomic E-state index is 0.0197. The third-order valence-corrected chi connectivity index (χ3v) is 5.91. The van der Waals surface area contributed by atoms with Crippen LogP contribution in [0.1, 0.15) is 11.1 Å². The van der Waals surface area contributed by atoms with Gasteiger partial charge in [-0.05, 0) is 53.6 Å². The van der Waals surface area contributed by atoms with Crippen molar-refractivity contribution in [1.29, 1.82) is 0 Å². The van der Waals surface area contributed by atoms with Crippen LogP contribution < -0.4 is 23.7 Å². The normalized spacial score (nSPS) is 12.8. The average molecular weight is 464 g/mol. The Bertz CT molecular complexity index is 1180. The van der Waals surface area contributed by atoms with Crippen molar-refractivity contribution < 1.29 is 28.5 Å². The molecule has 7 heteroatoms. The molecule has 0 fully saturated rings. The number of nitrogens with zero attached hydrogens (tertiary/aromatic N) is 1. The van der Waals surface area contributed by atoms with Crippen LogP contribution in [0.4, 0.5) is 0 Å². The highest BCUT2D eigenvalue weighted by Gasteiger charge is 2.24. The van der Waals surface area contributed by atoms with Gasteiger partial charge in [-0.25, -0.2) is 0 Å². The number of rotatable bonds is 7. The van der Waals surface area contributed by atoms with Crippen LogP contribution in [-0.4, -0.2) is 52.4 Å². The van der Waals surface area contributed by atoms with E-state index in [4.69, 9.17) is 23.7 Å². The van der Waals surface area contributed by atoms with Gasteiger partial charge in [0, 0.05) is 17.7 Å². The maximum absolute atomic E-state index is 13.3. The number of benzene rings is 3. The Labute approximate surface area is 199 Å². The highest BCUT2D eigenvalue weighted by atomic mass is 16.5. The molecule has 0 saturated carbocycles. The van der Waals surface area contributed by atoms with Crippen LogP contribution in [0.5, 0.6) is 28.7 Å². The van der Waals surface area contributed by atoms with Gasteiger partial charge < -0.3 is 28.6 Å². The van der Waals surface area contributed by atoms with Crippen LogP contribution in [0.15, 0.2) is 54.6 Å². The zero-order valence-corrected chi connectivity index (χ0v) is 19.9. The summed E-state index contributed by atoms with van der Waals surface area (Å²) < 4.78 is 27.8. The summed E-state index contributed by atoms with van der Waals surface area (Å²) >= 11 is 0. The Kier molecular flexibility index (Phi) is 7.11. The molecule has 0 unspecified atom stereocenters. The molecular formula is C27H29NO6. The second kappa shape index (κ2) is 10.4. The number of hydrogen-bond donors (Lipinski definition) is 0. The highest BCUT2D eigenvalue weighted by molar-refractivity contribution is 5.80. The van der Waals surface area contributed by atoms with Crippen molar-refractivity contribution >= 4 is 5.91 Å². The van der Waals surface area contributed by atoms with Gasteiger partial charge in [0.2, 0.25) is 5.91 Å². The van der Waals surface area contributed by atoms with Crippen molar-refractivity contribution in [3.8, 4) is 39.9 Å². The zero-order valence-electron chi connectivity index (χ0n) is 19.9. The zero-order chi connectivity index (χ0) is 24.1. The van der Waals surface area contributed by atoms with E-state index in [0.29, 0.717) is 42.7 Å². The van der Waals surface area contributed by atoms with Gasteiger partial charge in [0.15, 0.2) is 11.5 Å². The Balaban J connectivity index is 1.64. The molecule has 0 N–H and O–H groups in total. The van der Waals surface area contributed by atoms with E-state index in [-0.39, 0.29) is 12.3 Å². The van der Waals surface area contributed by atoms with E-state index in [2.05, 4.69) is 0 Å². The highest BCUT2D eigenvalue weighted by Crippen LogP contribution is 2.39. The van der Waals surface area contributed by atoms with Crippen molar-refractivity contribution in [3.63, 3.8) is 0 Å². The lowest BCUT2D eigenvalue weighted by atomic mass is 10.0. The number of carbonyl (C=O) groups is 1. The average Bonchev–Trinajstić information content (AvgIpc) is 3.10. The summed E-state index contributed by atoms with van der Waals surface area (Å²) in [5, 5.41) is 0. The van der Waals surface area contributed by atoms with Gasteiger partial charge in [0.25, 0.3) is 0 Å². The lowest BCUT2D eigenvalue weighted by Crippen LogP contribution is -2.33. The van der Waals surface area contributed by atoms with Gasteiger partial charge in [0.1, 0.15) is 23.9 Å². The van der Waals surface area contributed by atoms with E-state index >= 15 is 0 Å². The molecule has 7 nitrogen and oxygen atoms in total. The van der Waals surface area contributed by atoms with E-state index in [9.17, 15) is 4.79 Å². The van der Waals surface area contributed by atoms with Crippen LogP contribution in [0.3, 0.4) is 0 Å². The maximum atomic E-state index is 13.3. The first-order valence-corrected chi connectivity index (χ1v) is 11.0. The summed E-state index contributed by atoms with van der Waals surface area (Å²) in [5.41, 5.74) is 3.62. The molecule has 1 heterocycles. The Morgan fingerprint density at radius 1 is 0.853 bits per heavy atom. The molecular weight excluding hydrogens is 434 g/mol. The lowest BCUT2D eigenvalue weighted by Gasteiger charge is -2.21. The fraction of sp³-hybridized carbons (Fsp3) is 0.296. The van der Waals surface area contributed by atoms with Crippen molar-refractivity contribution in [1.82, 2.24) is 4.90 Å². The molecule has 0 spiro atoms. The van der Waals surface area contributed by atoms with Crippen LogP contribution in [0, 0.1) is 0 Å². The Morgan fingerprint density at radius 3 is 2.35 bits per heavy atom. The van der Waals surface area contributed by atoms with E-state index in [1.807, 2.05) is 54.6 Å². The molecule has 0 atom stereocenters. The monoisotopic (exact) mass is 463 g/mol. The first kappa shape index (κ1) is 23.3. The summed E-state index contributed by atoms with van der Waals surface area (Å²) in [4.78, 5) is 15.1. The predicted molar refractivity (Wildman–Crippen MR) is 129 cm³/mol. The number of fused-ring (bicyclic) bond motifs is 1. The molecule has 4 rings (SSSR count). The van der Waals surface area contributed by atoms with Gasteiger partial charge in [-0.15, -0.1) is 0 Å². The molecule has 178 valence electrons. The molecule has 1 aliphatic heterocycles. The molecule has 0 aromatic heterocycles. The van der Waals surface area contributed by atoms with Gasteiger partial charge in [-0.3, -0.25) is 4.79 Å². The molecule has 0 bridgehead atoms. The van der Waals surface area contributed by atoms with Crippen LogP contribution >= 0.6 is 0 Å². The van der Waals surface area contributed by atoms with Gasteiger partial charge in [-0.2, -0.15) is 0 Å². The van der Waals surface area contributed by atoms with Gasteiger partial charge in [0.05, 0.1) is 41.4 Å². The minimum atomic E-state index is -0.0197. The minimum Gasteiger partial charge on any atom is -0.497 e. The number of carbonyl (C=O) groups excluding carboxylic acids is 1. The van der Waals surface area contributed by atoms with Crippen LogP contribution in [-0.2, 0) is 17.8 Å². The SMILES string of the molecule is COc1cccc(-c2cc3c(c(OC)c2)OCCN(C(=O)Cc2cc(OC)ccc2OC)C3)c1. The largest absolute Gasteiger partial charge is 0.497 e. The van der Waals surface area contributed by atoms with E-state index < -0.39 is 0 Å². The van der Waals surface area contributed by atoms with Gasteiger partial charge >= 0.3 is 0 Å². The number of ether oxygens (including phenoxy) is 5. The molecule has 0 aliphatic carbocycles. The van der Waals surface area contributed by atoms with Gasteiger partial charge in [-0.1, -0.05) is 12.1 Å². The fourth-order valence-electron chi connectivity index (χ4n) is 4.11. The molecule has 3 aromatic rings. The summed E-state index contributed by atoms with van der Waals surface area (Å²) in [7, 11) is 6.46. The van der Waals surface area contributed by atoms with E-state index in [1.165, 1.54) is 0 Å². The lowest BCUT2D eigenvalue weighted by molar-refractivity contribution is -0.131. The van der Waals surface area contributed by atoms with E-state index in [1.54, 1.807) is 33.3 Å². The third kappa shape index (κ3) is 4.88. The first-order chi connectivity index (χ1) is 16.6. The summed E-state index contributed by atoms with van der Waals surface area (Å²) in [6.45, 7) is 1.26. The third-order valence-electron chi connectivity index (χ3n) is 5.91. The maximum Gasteiger partial charge on any atom is 0.227 e. The molecule has 1 amide bonds. The number of hydrogen-bond acceptors (Lipinski definition) is 6. The first-order valence-electron chi connectivity index (χ1n) is 11.0. The topological polar surface area (TPSA) is 66.5 Å². The number of methoxy groups -OCH3 is 4. The Hall–Kier alpha value is -3.87. The number of amides is 1. The molecule has 3 aromatic carbocycles. The molecule has 34 heavy (non-hydrogen) atoms. The van der Waals surface area contributed by atoms with Crippen molar-refractivity contribution in [2.24, 2.45) is 0 Å². The summed E-state index contributed by atoms with van der Waals surface area (Å²) in [6.07, 6.45) is 0.197.